The number of hydrogen-bond donors (Lipinski definition) is 1. The van der Waals surface area contributed by atoms with E-state index in [9.17, 15) is 10.1 Å². The molecule has 1 aromatic carbocycles. The molecule has 2 heterocycles. The number of rotatable bonds is 7. The number of unbranched alkanes of at least 4 members (excludes halogenated alkanes) is 1. The van der Waals surface area contributed by atoms with Gasteiger partial charge < -0.3 is 24.4 Å². The van der Waals surface area contributed by atoms with Crippen molar-refractivity contribution in [2.75, 3.05) is 46.5 Å². The molecule has 1 fully saturated rings. The summed E-state index contributed by atoms with van der Waals surface area (Å²) in [6.07, 6.45) is 4.21. The molecule has 158 valence electrons. The van der Waals surface area contributed by atoms with Crippen LogP contribution < -0.4 is 14.8 Å². The summed E-state index contributed by atoms with van der Waals surface area (Å²) in [5.41, 5.74) is 0.744. The van der Waals surface area contributed by atoms with Crippen LogP contribution in [0.2, 0.25) is 0 Å². The number of carbonyl (C=O) groups excluding carboxylic acids is 1. The Balaban J connectivity index is 1.66. The summed E-state index contributed by atoms with van der Waals surface area (Å²) in [7, 11) is 1.74. The Hall–Kier alpha value is -2.30. The number of nitriles is 1. The molecule has 2 atom stereocenters. The fourth-order valence-electron chi connectivity index (χ4n) is 3.94. The monoisotopic (exact) mass is 401 g/mol. The highest BCUT2D eigenvalue weighted by Crippen LogP contribution is 2.35. The number of hydrogen-bond acceptors (Lipinski definition) is 6. The third-order valence-electron chi connectivity index (χ3n) is 5.66. The molecule has 0 radical (unpaired) electrons. The summed E-state index contributed by atoms with van der Waals surface area (Å²) in [4.78, 5) is 15.4. The summed E-state index contributed by atoms with van der Waals surface area (Å²) in [5, 5.41) is 12.3. The number of fused-ring (bicyclic) bond motifs is 1. The van der Waals surface area contributed by atoms with E-state index in [1.54, 1.807) is 19.2 Å². The smallest absolute Gasteiger partial charge is 0.255 e. The van der Waals surface area contributed by atoms with Gasteiger partial charge in [0.05, 0.1) is 36.5 Å². The molecule has 3 rings (SSSR count). The van der Waals surface area contributed by atoms with Gasteiger partial charge in [-0.3, -0.25) is 4.79 Å². The highest BCUT2D eigenvalue weighted by molar-refractivity contribution is 5.98. The maximum Gasteiger partial charge on any atom is 0.255 e. The maximum atomic E-state index is 12.9. The molecule has 0 aliphatic carbocycles. The van der Waals surface area contributed by atoms with E-state index in [1.807, 2.05) is 0 Å². The molecule has 0 saturated carbocycles. The lowest BCUT2D eigenvalue weighted by Crippen LogP contribution is -2.48. The minimum Gasteiger partial charge on any atom is -0.489 e. The van der Waals surface area contributed by atoms with E-state index >= 15 is 0 Å². The highest BCUT2D eigenvalue weighted by atomic mass is 16.5. The Labute approximate surface area is 172 Å². The molecule has 29 heavy (non-hydrogen) atoms. The lowest BCUT2D eigenvalue weighted by Gasteiger charge is -2.37. The van der Waals surface area contributed by atoms with Crippen molar-refractivity contribution in [1.82, 2.24) is 10.2 Å². The average Bonchev–Trinajstić information content (AvgIpc) is 3.00. The Morgan fingerprint density at radius 3 is 2.97 bits per heavy atom. The fourth-order valence-corrected chi connectivity index (χ4v) is 3.94. The quantitative estimate of drug-likeness (QED) is 0.756. The van der Waals surface area contributed by atoms with Crippen molar-refractivity contribution in [3.8, 4) is 17.6 Å². The first-order valence-electron chi connectivity index (χ1n) is 10.5. The number of methoxy groups -OCH3 is 1. The van der Waals surface area contributed by atoms with Gasteiger partial charge in [0.25, 0.3) is 5.91 Å². The van der Waals surface area contributed by atoms with E-state index in [0.29, 0.717) is 42.4 Å². The fraction of sp³-hybridized carbons (Fsp3) is 0.636. The van der Waals surface area contributed by atoms with Crippen molar-refractivity contribution in [3.05, 3.63) is 23.3 Å². The van der Waals surface area contributed by atoms with Crippen molar-refractivity contribution < 1.29 is 19.0 Å². The Bertz CT molecular complexity index is 746. The van der Waals surface area contributed by atoms with Gasteiger partial charge >= 0.3 is 0 Å². The Morgan fingerprint density at radius 2 is 2.21 bits per heavy atom. The van der Waals surface area contributed by atoms with Crippen molar-refractivity contribution in [2.24, 2.45) is 5.92 Å². The zero-order chi connectivity index (χ0) is 20.6. The second-order valence-electron chi connectivity index (χ2n) is 7.70. The SMILES string of the molecule is CCCCN1CC[C@@H](CNC(=O)c2cc(C#N)cc3c2OCCCO3)[C@H](OC)C1. The summed E-state index contributed by atoms with van der Waals surface area (Å²) in [6.45, 7) is 6.75. The molecule has 0 bridgehead atoms. The number of carbonyl (C=O) groups is 1. The van der Waals surface area contributed by atoms with Gasteiger partial charge in [-0.05, 0) is 32.0 Å². The lowest BCUT2D eigenvalue weighted by molar-refractivity contribution is -0.0106. The summed E-state index contributed by atoms with van der Waals surface area (Å²) < 4.78 is 17.1. The molecule has 7 nitrogen and oxygen atoms in total. The zero-order valence-corrected chi connectivity index (χ0v) is 17.4. The van der Waals surface area contributed by atoms with Gasteiger partial charge in [0, 0.05) is 38.6 Å². The minimum atomic E-state index is -0.243. The number of nitrogens with one attached hydrogen (secondary N) is 1. The molecule has 2 aliphatic heterocycles. The van der Waals surface area contributed by atoms with Crippen molar-refractivity contribution in [2.45, 2.75) is 38.7 Å². The van der Waals surface area contributed by atoms with E-state index in [2.05, 4.69) is 23.2 Å². The van der Waals surface area contributed by atoms with Gasteiger partial charge in [-0.15, -0.1) is 0 Å². The van der Waals surface area contributed by atoms with E-state index in [-0.39, 0.29) is 17.9 Å². The standard InChI is InChI=1S/C22H31N3O4/c1-3-4-7-25-8-6-17(20(15-25)27-2)14-24-22(26)18-11-16(13-23)12-19-21(18)29-10-5-9-28-19/h11-12,17,20H,3-10,14-15H2,1-2H3,(H,24,26)/t17-,20+/m0/s1. The van der Waals surface area contributed by atoms with E-state index in [4.69, 9.17) is 14.2 Å². The van der Waals surface area contributed by atoms with Crippen molar-refractivity contribution in [1.29, 1.82) is 5.26 Å². The van der Waals surface area contributed by atoms with Gasteiger partial charge in [-0.1, -0.05) is 13.3 Å². The van der Waals surface area contributed by atoms with Crippen LogP contribution in [0, 0.1) is 17.2 Å². The topological polar surface area (TPSA) is 83.8 Å². The molecule has 0 unspecified atom stereocenters. The molecular formula is C22H31N3O4. The summed E-state index contributed by atoms with van der Waals surface area (Å²) >= 11 is 0. The number of piperidine rings is 1. The second kappa shape index (κ2) is 10.5. The average molecular weight is 402 g/mol. The molecule has 7 heteroatoms. The number of nitrogens with zero attached hydrogens (tertiary/aromatic N) is 2. The predicted molar refractivity (Wildman–Crippen MR) is 109 cm³/mol. The number of likely N-dealkylation sites (tertiary alicyclic amines) is 1. The lowest BCUT2D eigenvalue weighted by atomic mass is 9.93. The van der Waals surface area contributed by atoms with Crippen LogP contribution in [0.4, 0.5) is 0 Å². The first kappa shape index (κ1) is 21.4. The van der Waals surface area contributed by atoms with E-state index in [0.717, 1.165) is 32.5 Å². The molecule has 0 aromatic heterocycles. The minimum absolute atomic E-state index is 0.100. The first-order chi connectivity index (χ1) is 14.2. The van der Waals surface area contributed by atoms with Gasteiger partial charge in [0.1, 0.15) is 0 Å². The van der Waals surface area contributed by atoms with Crippen LogP contribution in [0.1, 0.15) is 48.5 Å². The van der Waals surface area contributed by atoms with Crippen LogP contribution in [0.15, 0.2) is 12.1 Å². The van der Waals surface area contributed by atoms with Gasteiger partial charge in [0.15, 0.2) is 11.5 Å². The van der Waals surface area contributed by atoms with Crippen molar-refractivity contribution in [3.63, 3.8) is 0 Å². The molecule has 1 saturated heterocycles. The predicted octanol–water partition coefficient (Wildman–Crippen LogP) is 2.59. The van der Waals surface area contributed by atoms with Crippen LogP contribution in [-0.2, 0) is 4.74 Å². The normalized spacial score (nSPS) is 21.8. The van der Waals surface area contributed by atoms with E-state index < -0.39 is 0 Å². The third kappa shape index (κ3) is 5.40. The Morgan fingerprint density at radius 1 is 1.38 bits per heavy atom. The molecule has 2 aliphatic rings. The van der Waals surface area contributed by atoms with Crippen molar-refractivity contribution >= 4 is 5.91 Å². The van der Waals surface area contributed by atoms with Crippen LogP contribution in [0.3, 0.4) is 0 Å². The number of ether oxygens (including phenoxy) is 3. The van der Waals surface area contributed by atoms with Gasteiger partial charge in [-0.25, -0.2) is 0 Å². The largest absolute Gasteiger partial charge is 0.489 e. The number of benzene rings is 1. The van der Waals surface area contributed by atoms with Gasteiger partial charge in [0.2, 0.25) is 0 Å². The third-order valence-corrected chi connectivity index (χ3v) is 5.66. The molecule has 1 N–H and O–H groups in total. The van der Waals surface area contributed by atoms with Crippen LogP contribution in [-0.4, -0.2) is 63.4 Å². The molecule has 1 amide bonds. The molecule has 0 spiro atoms. The summed E-state index contributed by atoms with van der Waals surface area (Å²) in [6, 6.07) is 5.30. The van der Waals surface area contributed by atoms with Crippen LogP contribution in [0.25, 0.3) is 0 Å². The Kier molecular flexibility index (Phi) is 7.73. The zero-order valence-electron chi connectivity index (χ0n) is 17.4. The summed E-state index contributed by atoms with van der Waals surface area (Å²) in [5.74, 6) is 0.909. The second-order valence-corrected chi connectivity index (χ2v) is 7.70. The van der Waals surface area contributed by atoms with E-state index in [1.165, 1.54) is 12.8 Å². The van der Waals surface area contributed by atoms with Crippen LogP contribution in [0.5, 0.6) is 11.5 Å². The van der Waals surface area contributed by atoms with Crippen LogP contribution >= 0.6 is 0 Å². The molecule has 1 aromatic rings. The highest BCUT2D eigenvalue weighted by Gasteiger charge is 2.30. The molecular weight excluding hydrogens is 370 g/mol. The number of amides is 1. The maximum absolute atomic E-state index is 12.9. The first-order valence-corrected chi connectivity index (χ1v) is 10.5. The van der Waals surface area contributed by atoms with Gasteiger partial charge in [-0.2, -0.15) is 5.26 Å².